The molecular weight excluding hydrogens is 282 g/mol. The number of hydrogen-bond acceptors (Lipinski definition) is 4. The van der Waals surface area contributed by atoms with Crippen molar-refractivity contribution in [2.75, 3.05) is 0 Å². The van der Waals surface area contributed by atoms with Crippen molar-refractivity contribution in [2.45, 2.75) is 40.2 Å². The van der Waals surface area contributed by atoms with E-state index in [1.165, 1.54) is 11.3 Å². The maximum Gasteiger partial charge on any atom is 0.303 e. The Balaban J connectivity index is 2.86. The first-order chi connectivity index (χ1) is 8.70. The van der Waals surface area contributed by atoms with E-state index in [1.807, 2.05) is 12.2 Å². The molecule has 19 heavy (non-hydrogen) atoms. The van der Waals surface area contributed by atoms with Gasteiger partial charge in [-0.1, -0.05) is 26.8 Å². The lowest BCUT2D eigenvalue weighted by atomic mass is 9.96. The molecule has 0 spiro atoms. The van der Waals surface area contributed by atoms with E-state index in [2.05, 4.69) is 20.8 Å². The Labute approximate surface area is 122 Å². The van der Waals surface area contributed by atoms with Gasteiger partial charge in [-0.05, 0) is 30.1 Å². The summed E-state index contributed by atoms with van der Waals surface area (Å²) >= 11 is 6.52. The van der Waals surface area contributed by atoms with Gasteiger partial charge in [0, 0.05) is 13.0 Å². The van der Waals surface area contributed by atoms with Crippen LogP contribution in [-0.4, -0.2) is 20.7 Å². The summed E-state index contributed by atoms with van der Waals surface area (Å²) in [6.07, 6.45) is 4.40. The predicted octanol–water partition coefficient (Wildman–Crippen LogP) is 3.91. The zero-order valence-corrected chi connectivity index (χ0v) is 13.0. The number of thiazole rings is 1. The van der Waals surface area contributed by atoms with Gasteiger partial charge in [-0.15, -0.1) is 11.3 Å². The molecule has 0 fully saturated rings. The van der Waals surface area contributed by atoms with Crippen LogP contribution >= 0.6 is 23.6 Å². The minimum Gasteiger partial charge on any atom is -0.493 e. The van der Waals surface area contributed by atoms with Gasteiger partial charge in [-0.25, -0.2) is 0 Å². The van der Waals surface area contributed by atoms with Crippen molar-refractivity contribution in [1.29, 1.82) is 0 Å². The van der Waals surface area contributed by atoms with Gasteiger partial charge in [0.25, 0.3) is 0 Å². The third-order valence-corrected chi connectivity index (χ3v) is 3.80. The van der Waals surface area contributed by atoms with Crippen molar-refractivity contribution in [2.24, 2.45) is 5.41 Å². The topological polar surface area (TPSA) is 62.5 Å². The Bertz CT molecular complexity index is 535. The molecule has 0 saturated heterocycles. The fourth-order valence-corrected chi connectivity index (χ4v) is 2.69. The zero-order valence-electron chi connectivity index (χ0n) is 11.3. The van der Waals surface area contributed by atoms with E-state index in [1.54, 1.807) is 4.57 Å². The van der Waals surface area contributed by atoms with Crippen molar-refractivity contribution < 1.29 is 15.0 Å². The minimum absolute atomic E-state index is 0.0339. The van der Waals surface area contributed by atoms with Crippen LogP contribution in [0.2, 0.25) is 0 Å². The van der Waals surface area contributed by atoms with E-state index in [0.29, 0.717) is 16.9 Å². The molecule has 0 amide bonds. The second-order valence-corrected chi connectivity index (χ2v) is 7.08. The SMILES string of the molecule is CC(C)(C)C=Cc1sc(=S)n(CCCC(=O)O)c1O. The third-order valence-electron chi connectivity index (χ3n) is 2.40. The lowest BCUT2D eigenvalue weighted by molar-refractivity contribution is -0.137. The van der Waals surface area contributed by atoms with Gasteiger partial charge in [0.1, 0.15) is 0 Å². The van der Waals surface area contributed by atoms with Crippen molar-refractivity contribution >= 4 is 35.6 Å². The summed E-state index contributed by atoms with van der Waals surface area (Å²) in [6.45, 7) is 6.65. The molecule has 6 heteroatoms. The molecule has 106 valence electrons. The lowest BCUT2D eigenvalue weighted by Crippen LogP contribution is -2.01. The first kappa shape index (κ1) is 15.9. The highest BCUT2D eigenvalue weighted by Crippen LogP contribution is 2.29. The fraction of sp³-hybridized carbons (Fsp3) is 0.538. The molecule has 2 N–H and O–H groups in total. The van der Waals surface area contributed by atoms with Crippen molar-refractivity contribution in [3.05, 3.63) is 14.9 Å². The number of rotatable bonds is 5. The molecule has 0 aliphatic heterocycles. The average molecular weight is 301 g/mol. The summed E-state index contributed by atoms with van der Waals surface area (Å²) in [4.78, 5) is 11.2. The van der Waals surface area contributed by atoms with Gasteiger partial charge in [0.05, 0.1) is 4.88 Å². The number of hydrogen-bond donors (Lipinski definition) is 2. The highest BCUT2D eigenvalue weighted by Gasteiger charge is 2.11. The van der Waals surface area contributed by atoms with Crippen LogP contribution in [0.15, 0.2) is 6.08 Å². The molecule has 0 aliphatic rings. The van der Waals surface area contributed by atoms with Gasteiger partial charge in [0.15, 0.2) is 3.95 Å². The van der Waals surface area contributed by atoms with Crippen LogP contribution in [-0.2, 0) is 11.3 Å². The Morgan fingerprint density at radius 1 is 1.47 bits per heavy atom. The molecule has 0 aromatic carbocycles. The van der Waals surface area contributed by atoms with Gasteiger partial charge in [0.2, 0.25) is 5.88 Å². The molecule has 1 aromatic heterocycles. The molecule has 0 unspecified atom stereocenters. The number of aromatic hydroxyl groups is 1. The second kappa shape index (κ2) is 6.34. The largest absolute Gasteiger partial charge is 0.493 e. The van der Waals surface area contributed by atoms with Crippen LogP contribution in [0.1, 0.15) is 38.5 Å². The maximum atomic E-state index is 10.5. The van der Waals surface area contributed by atoms with E-state index in [4.69, 9.17) is 17.3 Å². The van der Waals surface area contributed by atoms with Crippen LogP contribution < -0.4 is 0 Å². The van der Waals surface area contributed by atoms with Crippen molar-refractivity contribution in [1.82, 2.24) is 4.57 Å². The molecular formula is C13H19NO3S2. The first-order valence-electron chi connectivity index (χ1n) is 6.04. The summed E-state index contributed by atoms with van der Waals surface area (Å²) in [5, 5.41) is 18.7. The summed E-state index contributed by atoms with van der Waals surface area (Å²) in [6, 6.07) is 0. The molecule has 0 aliphatic carbocycles. The Morgan fingerprint density at radius 2 is 2.11 bits per heavy atom. The molecule has 1 heterocycles. The molecule has 0 bridgehead atoms. The van der Waals surface area contributed by atoms with Crippen LogP contribution in [0.25, 0.3) is 6.08 Å². The number of nitrogens with zero attached hydrogens (tertiary/aromatic N) is 1. The Hall–Kier alpha value is -1.14. The fourth-order valence-electron chi connectivity index (χ4n) is 1.43. The minimum atomic E-state index is -0.839. The number of carboxylic acids is 1. The maximum absolute atomic E-state index is 10.5. The van der Waals surface area contributed by atoms with Gasteiger partial charge in [-0.2, -0.15) is 0 Å². The molecule has 0 atom stereocenters. The second-order valence-electron chi connectivity index (χ2n) is 5.40. The van der Waals surface area contributed by atoms with Crippen LogP contribution in [0.4, 0.5) is 0 Å². The molecule has 1 rings (SSSR count). The smallest absolute Gasteiger partial charge is 0.303 e. The van der Waals surface area contributed by atoms with Crippen LogP contribution in [0, 0.1) is 9.37 Å². The number of carbonyl (C=O) groups is 1. The summed E-state index contributed by atoms with van der Waals surface area (Å²) < 4.78 is 2.15. The third kappa shape index (κ3) is 5.16. The number of allylic oxidation sites excluding steroid dienone is 1. The standard InChI is InChI=1S/C13H19NO3S2/c1-13(2,3)7-6-9-11(17)14(12(18)19-9)8-4-5-10(15)16/h6-7,17H,4-5,8H2,1-3H3,(H,15,16). The van der Waals surface area contributed by atoms with E-state index in [9.17, 15) is 9.90 Å². The predicted molar refractivity (Wildman–Crippen MR) is 80.2 cm³/mol. The van der Waals surface area contributed by atoms with E-state index in [-0.39, 0.29) is 17.7 Å². The van der Waals surface area contributed by atoms with Gasteiger partial charge < -0.3 is 10.2 Å². The normalized spacial score (nSPS) is 12.2. The molecule has 4 nitrogen and oxygen atoms in total. The van der Waals surface area contributed by atoms with E-state index < -0.39 is 5.97 Å². The summed E-state index contributed by atoms with van der Waals surface area (Å²) in [5.74, 6) is -0.713. The summed E-state index contributed by atoms with van der Waals surface area (Å²) in [7, 11) is 0. The van der Waals surface area contributed by atoms with Gasteiger partial charge >= 0.3 is 5.97 Å². The Kier molecular flexibility index (Phi) is 5.31. The van der Waals surface area contributed by atoms with Crippen molar-refractivity contribution in [3.8, 4) is 5.88 Å². The van der Waals surface area contributed by atoms with Crippen LogP contribution in [0.3, 0.4) is 0 Å². The number of aliphatic carboxylic acids is 1. The Morgan fingerprint density at radius 3 is 2.63 bits per heavy atom. The first-order valence-corrected chi connectivity index (χ1v) is 7.27. The molecule has 0 saturated carbocycles. The quantitative estimate of drug-likeness (QED) is 0.809. The average Bonchev–Trinajstić information content (AvgIpc) is 2.52. The molecule has 0 radical (unpaired) electrons. The highest BCUT2D eigenvalue weighted by molar-refractivity contribution is 7.73. The zero-order chi connectivity index (χ0) is 14.6. The lowest BCUT2D eigenvalue weighted by Gasteiger charge is -2.10. The monoisotopic (exact) mass is 301 g/mol. The van der Waals surface area contributed by atoms with Crippen LogP contribution in [0.5, 0.6) is 5.88 Å². The van der Waals surface area contributed by atoms with Gasteiger partial charge in [-0.3, -0.25) is 9.36 Å². The number of aromatic nitrogens is 1. The summed E-state index contributed by atoms with van der Waals surface area (Å²) in [5.41, 5.74) is 0.0339. The van der Waals surface area contributed by atoms with Crippen molar-refractivity contribution in [3.63, 3.8) is 0 Å². The van der Waals surface area contributed by atoms with E-state index in [0.717, 1.165) is 4.88 Å². The highest BCUT2D eigenvalue weighted by atomic mass is 32.1. The van der Waals surface area contributed by atoms with E-state index >= 15 is 0 Å². The molecule has 1 aromatic rings. The number of carboxylic acid groups (broad SMARTS) is 1.